The molecule has 70 valence electrons. The molecular formula is C8H10N2O3. The van der Waals surface area contributed by atoms with Gasteiger partial charge in [-0.1, -0.05) is 0 Å². The van der Waals surface area contributed by atoms with Crippen molar-refractivity contribution in [2.75, 3.05) is 7.11 Å². The van der Waals surface area contributed by atoms with Crippen LogP contribution in [0.5, 0.6) is 0 Å². The van der Waals surface area contributed by atoms with E-state index in [0.29, 0.717) is 6.54 Å². The molecule has 13 heavy (non-hydrogen) atoms. The number of nitrogens with zero attached hydrogens (tertiary/aromatic N) is 2. The van der Waals surface area contributed by atoms with Crippen molar-refractivity contribution >= 4 is 5.97 Å². The first-order valence-electron chi connectivity index (χ1n) is 3.82. The quantitative estimate of drug-likeness (QED) is 0.608. The Labute approximate surface area is 75.0 Å². The number of methoxy groups -OCH3 is 1. The van der Waals surface area contributed by atoms with Crippen molar-refractivity contribution in [1.82, 2.24) is 9.55 Å². The molecule has 0 atom stereocenters. The van der Waals surface area contributed by atoms with Gasteiger partial charge in [0.1, 0.15) is 0 Å². The maximum absolute atomic E-state index is 11.0. The molecule has 5 heteroatoms. The number of aryl methyl sites for hydroxylation is 1. The minimum atomic E-state index is -0.355. The van der Waals surface area contributed by atoms with Crippen LogP contribution in [0.15, 0.2) is 23.3 Å². The fourth-order valence-corrected chi connectivity index (χ4v) is 0.871. The molecule has 0 fully saturated rings. The highest BCUT2D eigenvalue weighted by Crippen LogP contribution is 1.88. The second-order valence-corrected chi connectivity index (χ2v) is 2.42. The molecule has 5 nitrogen and oxygen atoms in total. The van der Waals surface area contributed by atoms with Gasteiger partial charge in [0.05, 0.1) is 13.5 Å². The first-order chi connectivity index (χ1) is 6.24. The molecule has 0 aromatic carbocycles. The zero-order chi connectivity index (χ0) is 9.68. The lowest BCUT2D eigenvalue weighted by molar-refractivity contribution is -0.140. The standard InChI is InChI=1S/C8H10N2O3/c1-13-7(11)3-6-10-5-2-4-9-8(10)12/h2,4-5H,3,6H2,1H3. The van der Waals surface area contributed by atoms with Crippen molar-refractivity contribution < 1.29 is 9.53 Å². The first kappa shape index (κ1) is 9.44. The monoisotopic (exact) mass is 182 g/mol. The summed E-state index contributed by atoms with van der Waals surface area (Å²) in [5.41, 5.74) is -0.355. The molecule has 1 rings (SSSR count). The third-order valence-corrected chi connectivity index (χ3v) is 1.57. The van der Waals surface area contributed by atoms with Gasteiger partial charge >= 0.3 is 11.7 Å². The number of carbonyl (C=O) groups is 1. The number of rotatable bonds is 3. The van der Waals surface area contributed by atoms with E-state index in [1.54, 1.807) is 12.3 Å². The van der Waals surface area contributed by atoms with Gasteiger partial charge in [-0.25, -0.2) is 9.78 Å². The number of carbonyl (C=O) groups excluding carboxylic acids is 1. The Kier molecular flexibility index (Phi) is 3.19. The molecule has 1 aromatic heterocycles. The average Bonchev–Trinajstić information content (AvgIpc) is 2.16. The van der Waals surface area contributed by atoms with Crippen molar-refractivity contribution in [3.05, 3.63) is 28.9 Å². The minimum absolute atomic E-state index is 0.183. The van der Waals surface area contributed by atoms with Gasteiger partial charge < -0.3 is 4.74 Å². The van der Waals surface area contributed by atoms with Crippen LogP contribution in [0.2, 0.25) is 0 Å². The molecule has 0 bridgehead atoms. The summed E-state index contributed by atoms with van der Waals surface area (Å²) in [6.45, 7) is 0.305. The van der Waals surface area contributed by atoms with Gasteiger partial charge in [0, 0.05) is 18.9 Å². The third-order valence-electron chi connectivity index (χ3n) is 1.57. The van der Waals surface area contributed by atoms with E-state index in [1.807, 2.05) is 0 Å². The molecule has 1 heterocycles. The van der Waals surface area contributed by atoms with Crippen molar-refractivity contribution in [3.8, 4) is 0 Å². The van der Waals surface area contributed by atoms with Gasteiger partial charge in [0.25, 0.3) is 0 Å². The van der Waals surface area contributed by atoms with Gasteiger partial charge in [-0.05, 0) is 6.07 Å². The van der Waals surface area contributed by atoms with Gasteiger partial charge in [-0.2, -0.15) is 0 Å². The molecule has 0 aliphatic heterocycles. The highest BCUT2D eigenvalue weighted by Gasteiger charge is 2.01. The van der Waals surface area contributed by atoms with E-state index in [1.165, 1.54) is 17.9 Å². The van der Waals surface area contributed by atoms with Crippen molar-refractivity contribution in [2.45, 2.75) is 13.0 Å². The molecule has 0 saturated heterocycles. The zero-order valence-electron chi connectivity index (χ0n) is 7.27. The Hall–Kier alpha value is -1.65. The predicted octanol–water partition coefficient (Wildman–Crippen LogP) is -0.194. The fourth-order valence-electron chi connectivity index (χ4n) is 0.871. The molecule has 1 aromatic rings. The van der Waals surface area contributed by atoms with Gasteiger partial charge in [-0.3, -0.25) is 9.36 Å². The van der Waals surface area contributed by atoms with Crippen LogP contribution in [0.3, 0.4) is 0 Å². The van der Waals surface area contributed by atoms with Gasteiger partial charge in [-0.15, -0.1) is 0 Å². The van der Waals surface area contributed by atoms with Crippen LogP contribution in [0.4, 0.5) is 0 Å². The van der Waals surface area contributed by atoms with E-state index < -0.39 is 0 Å². The van der Waals surface area contributed by atoms with Crippen LogP contribution < -0.4 is 5.69 Å². The lowest BCUT2D eigenvalue weighted by Gasteiger charge is -2.01. The molecule has 0 saturated carbocycles. The second-order valence-electron chi connectivity index (χ2n) is 2.42. The number of hydrogen-bond donors (Lipinski definition) is 0. The summed E-state index contributed by atoms with van der Waals surface area (Å²) in [6.07, 6.45) is 3.18. The maximum Gasteiger partial charge on any atom is 0.347 e. The van der Waals surface area contributed by atoms with E-state index in [-0.39, 0.29) is 18.1 Å². The SMILES string of the molecule is COC(=O)CCn1cccnc1=O. The highest BCUT2D eigenvalue weighted by molar-refractivity contribution is 5.68. The van der Waals surface area contributed by atoms with Gasteiger partial charge in [0.2, 0.25) is 0 Å². The summed E-state index contributed by atoms with van der Waals surface area (Å²) in [7, 11) is 1.31. The van der Waals surface area contributed by atoms with Crippen LogP contribution in [0.1, 0.15) is 6.42 Å². The average molecular weight is 182 g/mol. The number of esters is 1. The Balaban J connectivity index is 2.60. The molecule has 0 aliphatic rings. The molecular weight excluding hydrogens is 172 g/mol. The minimum Gasteiger partial charge on any atom is -0.469 e. The molecule has 0 aliphatic carbocycles. The zero-order valence-corrected chi connectivity index (χ0v) is 7.27. The maximum atomic E-state index is 11.0. The van der Waals surface area contributed by atoms with E-state index >= 15 is 0 Å². The Morgan fingerprint density at radius 3 is 3.08 bits per heavy atom. The summed E-state index contributed by atoms with van der Waals surface area (Å²) in [5.74, 6) is -0.337. The van der Waals surface area contributed by atoms with Crippen LogP contribution in [-0.4, -0.2) is 22.6 Å². The van der Waals surface area contributed by atoms with E-state index in [4.69, 9.17) is 0 Å². The van der Waals surface area contributed by atoms with E-state index in [9.17, 15) is 9.59 Å². The summed E-state index contributed by atoms with van der Waals surface area (Å²) in [6, 6.07) is 1.64. The van der Waals surface area contributed by atoms with E-state index in [0.717, 1.165) is 0 Å². The summed E-state index contributed by atoms with van der Waals surface area (Å²) in [5, 5.41) is 0. The number of ether oxygens (including phenoxy) is 1. The lowest BCUT2D eigenvalue weighted by atomic mass is 10.4. The van der Waals surface area contributed by atoms with E-state index in [2.05, 4.69) is 9.72 Å². The van der Waals surface area contributed by atoms with Crippen LogP contribution in [0.25, 0.3) is 0 Å². The Bertz CT molecular complexity index is 345. The number of aromatic nitrogens is 2. The molecule has 0 unspecified atom stereocenters. The topological polar surface area (TPSA) is 61.2 Å². The third kappa shape index (κ3) is 2.70. The Morgan fingerprint density at radius 1 is 1.69 bits per heavy atom. The van der Waals surface area contributed by atoms with Crippen LogP contribution >= 0.6 is 0 Å². The smallest absolute Gasteiger partial charge is 0.347 e. The lowest BCUT2D eigenvalue weighted by Crippen LogP contribution is -2.22. The Morgan fingerprint density at radius 2 is 2.46 bits per heavy atom. The summed E-state index contributed by atoms with van der Waals surface area (Å²) < 4.78 is 5.80. The van der Waals surface area contributed by atoms with Crippen LogP contribution in [0, 0.1) is 0 Å². The summed E-state index contributed by atoms with van der Waals surface area (Å²) >= 11 is 0. The predicted molar refractivity (Wildman–Crippen MR) is 45.1 cm³/mol. The fraction of sp³-hybridized carbons (Fsp3) is 0.375. The number of hydrogen-bond acceptors (Lipinski definition) is 4. The molecule has 0 radical (unpaired) electrons. The van der Waals surface area contributed by atoms with Crippen molar-refractivity contribution in [2.24, 2.45) is 0 Å². The normalized spacial score (nSPS) is 9.62. The molecule has 0 N–H and O–H groups in total. The van der Waals surface area contributed by atoms with Crippen molar-refractivity contribution in [1.29, 1.82) is 0 Å². The molecule has 0 spiro atoms. The van der Waals surface area contributed by atoms with Crippen LogP contribution in [-0.2, 0) is 16.1 Å². The molecule has 0 amide bonds. The second kappa shape index (κ2) is 4.39. The largest absolute Gasteiger partial charge is 0.469 e. The summed E-state index contributed by atoms with van der Waals surface area (Å²) in [4.78, 5) is 25.3. The first-order valence-corrected chi connectivity index (χ1v) is 3.82. The highest BCUT2D eigenvalue weighted by atomic mass is 16.5. The van der Waals surface area contributed by atoms with Crippen molar-refractivity contribution in [3.63, 3.8) is 0 Å². The van der Waals surface area contributed by atoms with Gasteiger partial charge in [0.15, 0.2) is 0 Å².